The average Bonchev–Trinajstić information content (AvgIpc) is 2.25. The molecule has 0 aliphatic rings. The summed E-state index contributed by atoms with van der Waals surface area (Å²) in [6.45, 7) is 8.73. The molecule has 100 valence electrons. The summed E-state index contributed by atoms with van der Waals surface area (Å²) in [6.07, 6.45) is 8.67. The van der Waals surface area contributed by atoms with E-state index in [1.807, 2.05) is 0 Å². The molecule has 0 amide bonds. The Labute approximate surface area is 119 Å². The summed E-state index contributed by atoms with van der Waals surface area (Å²) in [5, 5.41) is 0. The van der Waals surface area contributed by atoms with Gasteiger partial charge in [0.05, 0.1) is 6.61 Å². The van der Waals surface area contributed by atoms with Crippen molar-refractivity contribution in [2.45, 2.75) is 57.7 Å². The van der Waals surface area contributed by atoms with Crippen LogP contribution in [0.15, 0.2) is 12.7 Å². The molecule has 0 spiro atoms. The van der Waals surface area contributed by atoms with E-state index in [0.717, 1.165) is 12.8 Å². The van der Waals surface area contributed by atoms with Gasteiger partial charge >= 0.3 is 5.97 Å². The number of unbranched alkanes of at least 4 members (excludes halogenated alkanes) is 5. The molecule has 0 unspecified atom stereocenters. The van der Waals surface area contributed by atoms with Gasteiger partial charge < -0.3 is 4.74 Å². The van der Waals surface area contributed by atoms with Crippen molar-refractivity contribution in [1.29, 1.82) is 0 Å². The molecule has 0 heterocycles. The lowest BCUT2D eigenvalue weighted by Crippen LogP contribution is -2.13. The Bertz CT molecular complexity index is 224. The van der Waals surface area contributed by atoms with Crippen molar-refractivity contribution in [2.75, 3.05) is 6.61 Å². The number of hydrogen-bond acceptors (Lipinski definition) is 2. The van der Waals surface area contributed by atoms with Gasteiger partial charge in [0.1, 0.15) is 5.57 Å². The standard InChI is InChI=1S/C13H25IO2Si/c1-4-13(15)16-11-9-7-5-6-8-10-12-17(2,3)14/h4H,1,5-12H2,2-3H3. The molecule has 4 heteroatoms. The Morgan fingerprint density at radius 2 is 1.71 bits per heavy atom. The van der Waals surface area contributed by atoms with Crippen molar-refractivity contribution in [3.63, 3.8) is 0 Å². The molecule has 0 atom stereocenters. The largest absolute Gasteiger partial charge is 0.463 e. The zero-order chi connectivity index (χ0) is 13.1. The Morgan fingerprint density at radius 1 is 1.18 bits per heavy atom. The van der Waals surface area contributed by atoms with Crippen molar-refractivity contribution in [2.24, 2.45) is 0 Å². The number of esters is 1. The Hall–Kier alpha value is 0.157. The minimum absolute atomic E-state index is 0.306. The molecular formula is C13H25IO2Si. The summed E-state index contributed by atoms with van der Waals surface area (Å²) in [7, 11) is 0. The maximum Gasteiger partial charge on any atom is 0.330 e. The fourth-order valence-corrected chi connectivity index (χ4v) is 3.82. The van der Waals surface area contributed by atoms with Crippen LogP contribution in [0.4, 0.5) is 0 Å². The van der Waals surface area contributed by atoms with Crippen LogP contribution in [0.2, 0.25) is 19.1 Å². The van der Waals surface area contributed by atoms with Crippen molar-refractivity contribution in [3.8, 4) is 0 Å². The normalized spacial score (nSPS) is 11.2. The number of ether oxygens (including phenoxy) is 1. The highest BCUT2D eigenvalue weighted by Crippen LogP contribution is 2.21. The number of carbonyl (C=O) groups excluding carboxylic acids is 1. The molecule has 0 aliphatic carbocycles. The van der Waals surface area contributed by atoms with Gasteiger partial charge in [-0.3, -0.25) is 0 Å². The Kier molecular flexibility index (Phi) is 10.2. The van der Waals surface area contributed by atoms with E-state index >= 15 is 0 Å². The summed E-state index contributed by atoms with van der Waals surface area (Å²) >= 11 is 2.65. The molecular weight excluding hydrogens is 343 g/mol. The van der Waals surface area contributed by atoms with Crippen molar-refractivity contribution < 1.29 is 9.53 Å². The molecule has 17 heavy (non-hydrogen) atoms. The van der Waals surface area contributed by atoms with E-state index in [2.05, 4.69) is 41.5 Å². The minimum Gasteiger partial charge on any atom is -0.463 e. The highest BCUT2D eigenvalue weighted by Gasteiger charge is 2.14. The van der Waals surface area contributed by atoms with Gasteiger partial charge in [-0.15, -0.1) is 21.8 Å². The molecule has 0 saturated heterocycles. The lowest BCUT2D eigenvalue weighted by Gasteiger charge is -2.12. The van der Waals surface area contributed by atoms with Gasteiger partial charge in [0.2, 0.25) is 0 Å². The first-order valence-electron chi connectivity index (χ1n) is 6.44. The van der Waals surface area contributed by atoms with Crippen LogP contribution in [-0.4, -0.2) is 18.1 Å². The van der Waals surface area contributed by atoms with Crippen molar-refractivity contribution in [1.82, 2.24) is 0 Å². The predicted octanol–water partition coefficient (Wildman–Crippen LogP) is 4.70. The number of hydrogen-bond donors (Lipinski definition) is 0. The first-order valence-corrected chi connectivity index (χ1v) is 12.8. The lowest BCUT2D eigenvalue weighted by atomic mass is 10.1. The van der Waals surface area contributed by atoms with Crippen LogP contribution in [0.1, 0.15) is 38.5 Å². The zero-order valence-corrected chi connectivity index (χ0v) is 14.3. The fraction of sp³-hybridized carbons (Fsp3) is 0.769. The van der Waals surface area contributed by atoms with E-state index in [0.29, 0.717) is 6.61 Å². The third-order valence-electron chi connectivity index (χ3n) is 2.58. The van der Waals surface area contributed by atoms with Crippen LogP contribution in [-0.2, 0) is 9.53 Å². The van der Waals surface area contributed by atoms with Gasteiger partial charge in [-0.2, -0.15) is 0 Å². The summed E-state index contributed by atoms with van der Waals surface area (Å²) in [4.78, 5) is 10.7. The summed E-state index contributed by atoms with van der Waals surface area (Å²) < 4.78 is 4.91. The quantitative estimate of drug-likeness (QED) is 0.140. The Balaban J connectivity index is 3.14. The molecule has 0 fully saturated rings. The maximum absolute atomic E-state index is 10.7. The van der Waals surface area contributed by atoms with Crippen LogP contribution in [0.25, 0.3) is 0 Å². The van der Waals surface area contributed by atoms with Crippen LogP contribution < -0.4 is 0 Å². The van der Waals surface area contributed by atoms with Gasteiger partial charge in [0, 0.05) is 6.08 Å². The van der Waals surface area contributed by atoms with Crippen LogP contribution in [0, 0.1) is 0 Å². The van der Waals surface area contributed by atoms with Crippen LogP contribution in [0.5, 0.6) is 0 Å². The van der Waals surface area contributed by atoms with Crippen molar-refractivity contribution >= 4 is 33.3 Å². The number of halogens is 1. The van der Waals surface area contributed by atoms with Gasteiger partial charge in [0.25, 0.3) is 0 Å². The monoisotopic (exact) mass is 368 g/mol. The Morgan fingerprint density at radius 3 is 2.24 bits per heavy atom. The SMILES string of the molecule is C=CC(=O)OCCCCCCCC[Si](C)(C)I. The molecule has 0 N–H and O–H groups in total. The highest BCUT2D eigenvalue weighted by molar-refractivity contribution is 14.1. The maximum atomic E-state index is 10.7. The van der Waals surface area contributed by atoms with Crippen molar-refractivity contribution in [3.05, 3.63) is 12.7 Å². The highest BCUT2D eigenvalue weighted by atomic mass is 127. The zero-order valence-electron chi connectivity index (χ0n) is 11.1. The molecule has 2 nitrogen and oxygen atoms in total. The average molecular weight is 368 g/mol. The van der Waals surface area contributed by atoms with Crippen LogP contribution >= 0.6 is 21.8 Å². The predicted molar refractivity (Wildman–Crippen MR) is 85.2 cm³/mol. The summed E-state index contributed by atoms with van der Waals surface area (Å²) in [5.41, 5.74) is -0.852. The molecule has 0 aromatic rings. The van der Waals surface area contributed by atoms with E-state index in [9.17, 15) is 4.79 Å². The second-order valence-electron chi connectivity index (χ2n) is 4.96. The first kappa shape index (κ1) is 17.2. The van der Waals surface area contributed by atoms with E-state index in [-0.39, 0.29) is 5.97 Å². The van der Waals surface area contributed by atoms with Crippen LogP contribution in [0.3, 0.4) is 0 Å². The molecule has 0 saturated carbocycles. The van der Waals surface area contributed by atoms with E-state index in [1.165, 1.54) is 37.8 Å². The lowest BCUT2D eigenvalue weighted by molar-refractivity contribution is -0.137. The van der Waals surface area contributed by atoms with Gasteiger partial charge in [0.15, 0.2) is 0 Å². The third-order valence-corrected chi connectivity index (χ3v) is 5.74. The fourth-order valence-electron chi connectivity index (χ4n) is 1.59. The number of carbonyl (C=O) groups is 1. The molecule has 0 aromatic carbocycles. The first-order chi connectivity index (χ1) is 7.95. The summed E-state index contributed by atoms with van der Waals surface area (Å²) in [5.74, 6) is -0.306. The molecule has 0 radical (unpaired) electrons. The molecule has 0 rings (SSSR count). The third kappa shape index (κ3) is 14.1. The van der Waals surface area contributed by atoms with Gasteiger partial charge in [-0.05, 0) is 12.5 Å². The minimum atomic E-state index is -0.852. The topological polar surface area (TPSA) is 26.3 Å². The van der Waals surface area contributed by atoms with E-state index in [4.69, 9.17) is 4.74 Å². The van der Waals surface area contributed by atoms with E-state index < -0.39 is 5.57 Å². The number of rotatable bonds is 10. The second-order valence-corrected chi connectivity index (χ2v) is 17.7. The second kappa shape index (κ2) is 10.1. The van der Waals surface area contributed by atoms with E-state index in [1.54, 1.807) is 0 Å². The summed E-state index contributed by atoms with van der Waals surface area (Å²) in [6, 6.07) is 1.44. The molecule has 0 aromatic heterocycles. The smallest absolute Gasteiger partial charge is 0.330 e. The van der Waals surface area contributed by atoms with Gasteiger partial charge in [-0.1, -0.05) is 51.8 Å². The molecule has 0 aliphatic heterocycles. The molecule has 0 bridgehead atoms. The van der Waals surface area contributed by atoms with Gasteiger partial charge in [-0.25, -0.2) is 4.79 Å².